The van der Waals surface area contributed by atoms with Gasteiger partial charge in [-0.25, -0.2) is 0 Å². The lowest BCUT2D eigenvalue weighted by atomic mass is 10.2. The van der Waals surface area contributed by atoms with Gasteiger partial charge in [0.15, 0.2) is 0 Å². The maximum atomic E-state index is 8.66. The van der Waals surface area contributed by atoms with Crippen molar-refractivity contribution < 1.29 is 14.6 Å². The van der Waals surface area contributed by atoms with E-state index in [0.29, 0.717) is 13.0 Å². The molecule has 0 aliphatic rings. The molecule has 0 unspecified atom stereocenters. The molecule has 0 heterocycles. The van der Waals surface area contributed by atoms with Crippen molar-refractivity contribution in [2.45, 2.75) is 12.8 Å². The van der Waals surface area contributed by atoms with E-state index in [9.17, 15) is 0 Å². The molecule has 0 aliphatic carbocycles. The summed E-state index contributed by atoms with van der Waals surface area (Å²) >= 11 is 0. The lowest BCUT2D eigenvalue weighted by Gasteiger charge is -2.16. The number of aliphatic hydroxyl groups is 1. The Bertz CT molecular complexity index is 434. The Balaban J connectivity index is 2.25. The first-order chi connectivity index (χ1) is 10.3. The van der Waals surface area contributed by atoms with Crippen molar-refractivity contribution in [1.29, 1.82) is 0 Å². The van der Waals surface area contributed by atoms with E-state index in [0.717, 1.165) is 37.4 Å². The Labute approximate surface area is 127 Å². The molecule has 0 amide bonds. The van der Waals surface area contributed by atoms with Gasteiger partial charge in [-0.2, -0.15) is 0 Å². The van der Waals surface area contributed by atoms with Gasteiger partial charge in [-0.1, -0.05) is 11.8 Å². The minimum atomic E-state index is 0.103. The molecule has 1 rings (SSSR count). The zero-order valence-electron chi connectivity index (χ0n) is 13.0. The van der Waals surface area contributed by atoms with Gasteiger partial charge >= 0.3 is 0 Å². The van der Waals surface area contributed by atoms with Crippen LogP contribution in [0.4, 0.5) is 0 Å². The molecule has 0 atom stereocenters. The molecule has 0 saturated heterocycles. The van der Waals surface area contributed by atoms with E-state index in [-0.39, 0.29) is 6.61 Å². The fourth-order valence-electron chi connectivity index (χ4n) is 1.76. The third-order valence-electron chi connectivity index (χ3n) is 2.95. The van der Waals surface area contributed by atoms with Gasteiger partial charge in [0, 0.05) is 38.8 Å². The summed E-state index contributed by atoms with van der Waals surface area (Å²) in [5, 5.41) is 8.66. The van der Waals surface area contributed by atoms with Crippen LogP contribution in [0.5, 0.6) is 5.75 Å². The number of benzene rings is 1. The van der Waals surface area contributed by atoms with Crippen molar-refractivity contribution >= 4 is 0 Å². The van der Waals surface area contributed by atoms with E-state index in [4.69, 9.17) is 14.6 Å². The molecule has 4 heteroatoms. The van der Waals surface area contributed by atoms with Crippen LogP contribution >= 0.6 is 0 Å². The lowest BCUT2D eigenvalue weighted by molar-refractivity contribution is 0.172. The molecular weight excluding hydrogens is 266 g/mol. The fourth-order valence-corrected chi connectivity index (χ4v) is 1.76. The Morgan fingerprint density at radius 1 is 1.14 bits per heavy atom. The molecule has 0 aromatic heterocycles. The molecule has 1 aromatic carbocycles. The number of rotatable bonds is 9. The maximum absolute atomic E-state index is 8.66. The summed E-state index contributed by atoms with van der Waals surface area (Å²) in [5.74, 6) is 6.74. The van der Waals surface area contributed by atoms with E-state index in [2.05, 4.69) is 23.8 Å². The highest BCUT2D eigenvalue weighted by Gasteiger charge is 1.99. The molecular formula is C17H25NO3. The van der Waals surface area contributed by atoms with Crippen LogP contribution in [0.25, 0.3) is 0 Å². The van der Waals surface area contributed by atoms with Gasteiger partial charge in [0.25, 0.3) is 0 Å². The molecule has 0 aliphatic heterocycles. The van der Waals surface area contributed by atoms with Crippen LogP contribution in [-0.4, -0.2) is 57.1 Å². The molecule has 0 radical (unpaired) electrons. The molecule has 1 N–H and O–H groups in total. The minimum Gasteiger partial charge on any atom is -0.492 e. The average molecular weight is 291 g/mol. The van der Waals surface area contributed by atoms with Crippen LogP contribution in [0, 0.1) is 11.8 Å². The first kappa shape index (κ1) is 17.5. The van der Waals surface area contributed by atoms with Gasteiger partial charge in [-0.15, -0.1) is 0 Å². The van der Waals surface area contributed by atoms with Crippen LogP contribution in [-0.2, 0) is 4.74 Å². The number of methoxy groups -OCH3 is 1. The number of hydrogen-bond donors (Lipinski definition) is 1. The summed E-state index contributed by atoms with van der Waals surface area (Å²) in [4.78, 5) is 2.23. The summed E-state index contributed by atoms with van der Waals surface area (Å²) in [5.41, 5.74) is 0.937. The first-order valence-corrected chi connectivity index (χ1v) is 7.26. The highest BCUT2D eigenvalue weighted by atomic mass is 16.5. The van der Waals surface area contributed by atoms with Crippen molar-refractivity contribution in [3.8, 4) is 17.6 Å². The fraction of sp³-hybridized carbons (Fsp3) is 0.529. The molecule has 0 saturated carbocycles. The van der Waals surface area contributed by atoms with Crippen molar-refractivity contribution in [3.63, 3.8) is 0 Å². The van der Waals surface area contributed by atoms with Crippen LogP contribution in [0.1, 0.15) is 18.4 Å². The Morgan fingerprint density at radius 3 is 2.57 bits per heavy atom. The molecule has 0 fully saturated rings. The van der Waals surface area contributed by atoms with Gasteiger partial charge in [-0.3, -0.25) is 0 Å². The summed E-state index contributed by atoms with van der Waals surface area (Å²) in [6.45, 7) is 3.47. The average Bonchev–Trinajstić information content (AvgIpc) is 2.49. The van der Waals surface area contributed by atoms with Crippen molar-refractivity contribution in [3.05, 3.63) is 29.8 Å². The van der Waals surface area contributed by atoms with E-state index >= 15 is 0 Å². The van der Waals surface area contributed by atoms with Gasteiger partial charge in [0.05, 0.1) is 6.61 Å². The second-order valence-corrected chi connectivity index (χ2v) is 4.80. The van der Waals surface area contributed by atoms with Crippen molar-refractivity contribution in [2.75, 3.05) is 47.1 Å². The summed E-state index contributed by atoms with van der Waals surface area (Å²) in [6, 6.07) is 7.71. The van der Waals surface area contributed by atoms with Crippen molar-refractivity contribution in [1.82, 2.24) is 4.90 Å². The number of aliphatic hydroxyl groups excluding tert-OH is 1. The zero-order valence-corrected chi connectivity index (χ0v) is 13.0. The number of nitrogens with zero attached hydrogens (tertiary/aromatic N) is 1. The number of likely N-dealkylation sites (N-methyl/N-ethyl adjacent to an activating group) is 1. The number of hydrogen-bond acceptors (Lipinski definition) is 4. The maximum Gasteiger partial charge on any atom is 0.119 e. The summed E-state index contributed by atoms with van der Waals surface area (Å²) in [6.07, 6.45) is 1.54. The van der Waals surface area contributed by atoms with Crippen LogP contribution < -0.4 is 4.74 Å². The topological polar surface area (TPSA) is 41.9 Å². The molecule has 0 spiro atoms. The summed E-state index contributed by atoms with van der Waals surface area (Å²) < 4.78 is 10.7. The van der Waals surface area contributed by atoms with Crippen LogP contribution in [0.3, 0.4) is 0 Å². The van der Waals surface area contributed by atoms with E-state index < -0.39 is 0 Å². The highest BCUT2D eigenvalue weighted by Crippen LogP contribution is 2.11. The quantitative estimate of drug-likeness (QED) is 0.556. The highest BCUT2D eigenvalue weighted by molar-refractivity contribution is 5.38. The Hall–Kier alpha value is -1.54. The van der Waals surface area contributed by atoms with E-state index in [1.807, 2.05) is 24.3 Å². The second kappa shape index (κ2) is 11.2. The van der Waals surface area contributed by atoms with Gasteiger partial charge < -0.3 is 19.5 Å². The first-order valence-electron chi connectivity index (χ1n) is 7.26. The predicted octanol–water partition coefficient (Wildman–Crippen LogP) is 1.77. The standard InChI is InChI=1S/C17H25NO3/c1-18(11-5-14-20-2)12-15-21-17-9-7-16(8-10-17)6-3-4-13-19/h7-10,19H,4-5,11-15H2,1-2H3. The third kappa shape index (κ3) is 8.36. The molecule has 21 heavy (non-hydrogen) atoms. The van der Waals surface area contributed by atoms with E-state index in [1.165, 1.54) is 0 Å². The molecule has 1 aromatic rings. The number of ether oxygens (including phenoxy) is 2. The Morgan fingerprint density at radius 2 is 1.90 bits per heavy atom. The Kier molecular flexibility index (Phi) is 9.30. The van der Waals surface area contributed by atoms with E-state index in [1.54, 1.807) is 7.11 Å². The van der Waals surface area contributed by atoms with Gasteiger partial charge in [0.1, 0.15) is 12.4 Å². The predicted molar refractivity (Wildman–Crippen MR) is 84.5 cm³/mol. The SMILES string of the molecule is COCCCN(C)CCOc1ccc(C#CCCO)cc1. The van der Waals surface area contributed by atoms with Crippen LogP contribution in [0.2, 0.25) is 0 Å². The minimum absolute atomic E-state index is 0.103. The normalized spacial score (nSPS) is 10.3. The lowest BCUT2D eigenvalue weighted by Crippen LogP contribution is -2.26. The smallest absolute Gasteiger partial charge is 0.119 e. The summed E-state index contributed by atoms with van der Waals surface area (Å²) in [7, 11) is 3.81. The van der Waals surface area contributed by atoms with Crippen molar-refractivity contribution in [2.24, 2.45) is 0 Å². The van der Waals surface area contributed by atoms with Gasteiger partial charge in [0.2, 0.25) is 0 Å². The van der Waals surface area contributed by atoms with Crippen LogP contribution in [0.15, 0.2) is 24.3 Å². The zero-order chi connectivity index (χ0) is 15.3. The monoisotopic (exact) mass is 291 g/mol. The molecule has 116 valence electrons. The second-order valence-electron chi connectivity index (χ2n) is 4.80. The molecule has 4 nitrogen and oxygen atoms in total. The molecule has 0 bridgehead atoms. The van der Waals surface area contributed by atoms with Gasteiger partial charge in [-0.05, 0) is 37.7 Å². The third-order valence-corrected chi connectivity index (χ3v) is 2.95. The largest absolute Gasteiger partial charge is 0.492 e.